The van der Waals surface area contributed by atoms with Crippen molar-refractivity contribution in [1.82, 2.24) is 10.2 Å². The van der Waals surface area contributed by atoms with Gasteiger partial charge in [-0.2, -0.15) is 11.3 Å². The molecule has 1 fully saturated rings. The number of benzene rings is 1. The molecule has 6 nitrogen and oxygen atoms in total. The molecule has 0 radical (unpaired) electrons. The van der Waals surface area contributed by atoms with E-state index < -0.39 is 0 Å². The van der Waals surface area contributed by atoms with Crippen molar-refractivity contribution in [2.75, 3.05) is 38.1 Å². The molecule has 28 heavy (non-hydrogen) atoms. The number of ether oxygens (including phenoxy) is 1. The Morgan fingerprint density at radius 2 is 2.07 bits per heavy atom. The van der Waals surface area contributed by atoms with Gasteiger partial charge in [-0.25, -0.2) is 0 Å². The van der Waals surface area contributed by atoms with E-state index in [1.165, 1.54) is 11.3 Å². The molecule has 150 valence electrons. The first-order valence-electron chi connectivity index (χ1n) is 9.57. The van der Waals surface area contributed by atoms with Gasteiger partial charge >= 0.3 is 0 Å². The van der Waals surface area contributed by atoms with Crippen LogP contribution < -0.4 is 10.6 Å². The highest BCUT2D eigenvalue weighted by atomic mass is 32.1. The summed E-state index contributed by atoms with van der Waals surface area (Å²) in [7, 11) is 0. The average Bonchev–Trinajstić information content (AvgIpc) is 3.21. The molecule has 1 aliphatic heterocycles. The SMILES string of the molecule is CC(C)CN1CCOC(CNC(=O)c2ccccc2NC(=O)c2ccsc2)C1. The molecular weight excluding hydrogens is 374 g/mol. The fourth-order valence-corrected chi connectivity index (χ4v) is 3.90. The average molecular weight is 402 g/mol. The van der Waals surface area contributed by atoms with E-state index in [4.69, 9.17) is 4.74 Å². The third-order valence-electron chi connectivity index (χ3n) is 4.54. The predicted octanol–water partition coefficient (Wildman–Crippen LogP) is 3.09. The van der Waals surface area contributed by atoms with Crippen molar-refractivity contribution in [2.45, 2.75) is 20.0 Å². The van der Waals surface area contributed by atoms with Crippen LogP contribution in [0.15, 0.2) is 41.1 Å². The van der Waals surface area contributed by atoms with E-state index in [1.54, 1.807) is 35.7 Å². The minimum Gasteiger partial charge on any atom is -0.374 e. The second-order valence-corrected chi connectivity index (χ2v) is 8.15. The predicted molar refractivity (Wildman–Crippen MR) is 112 cm³/mol. The van der Waals surface area contributed by atoms with Crippen molar-refractivity contribution in [3.8, 4) is 0 Å². The Labute approximate surface area is 169 Å². The number of hydrogen-bond acceptors (Lipinski definition) is 5. The molecule has 1 aromatic heterocycles. The van der Waals surface area contributed by atoms with E-state index in [0.29, 0.717) is 35.9 Å². The first kappa shape index (κ1) is 20.5. The van der Waals surface area contributed by atoms with Gasteiger partial charge in [0.25, 0.3) is 11.8 Å². The smallest absolute Gasteiger partial charge is 0.256 e. The zero-order chi connectivity index (χ0) is 19.9. The topological polar surface area (TPSA) is 70.7 Å². The Balaban J connectivity index is 1.58. The third kappa shape index (κ3) is 5.64. The normalized spacial score (nSPS) is 17.5. The van der Waals surface area contributed by atoms with Crippen LogP contribution in [0.2, 0.25) is 0 Å². The number of amides is 2. The van der Waals surface area contributed by atoms with Gasteiger partial charge in [0.2, 0.25) is 0 Å². The first-order valence-corrected chi connectivity index (χ1v) is 10.5. The number of morpholine rings is 1. The fraction of sp³-hybridized carbons (Fsp3) is 0.429. The molecule has 1 aromatic carbocycles. The van der Waals surface area contributed by atoms with Crippen LogP contribution >= 0.6 is 11.3 Å². The largest absolute Gasteiger partial charge is 0.374 e. The molecular formula is C21H27N3O3S. The standard InChI is InChI=1S/C21H27N3O3S/c1-15(2)12-24-8-9-27-17(13-24)11-22-21(26)18-5-3-4-6-19(18)23-20(25)16-7-10-28-14-16/h3-7,10,14-15,17H,8-9,11-13H2,1-2H3,(H,22,26)(H,23,25). The molecule has 0 bridgehead atoms. The number of carbonyl (C=O) groups is 2. The zero-order valence-corrected chi connectivity index (χ0v) is 17.1. The Morgan fingerprint density at radius 3 is 2.82 bits per heavy atom. The lowest BCUT2D eigenvalue weighted by atomic mass is 10.1. The second kappa shape index (κ2) is 9.82. The maximum absolute atomic E-state index is 12.7. The van der Waals surface area contributed by atoms with Crippen molar-refractivity contribution in [3.05, 3.63) is 52.2 Å². The van der Waals surface area contributed by atoms with Crippen molar-refractivity contribution in [2.24, 2.45) is 5.92 Å². The number of nitrogens with one attached hydrogen (secondary N) is 2. The van der Waals surface area contributed by atoms with Gasteiger partial charge in [0.05, 0.1) is 29.5 Å². The van der Waals surface area contributed by atoms with Gasteiger partial charge in [-0.15, -0.1) is 0 Å². The van der Waals surface area contributed by atoms with Crippen LogP contribution in [0.5, 0.6) is 0 Å². The summed E-state index contributed by atoms with van der Waals surface area (Å²) in [6.45, 7) is 8.31. The Morgan fingerprint density at radius 1 is 1.25 bits per heavy atom. The molecule has 1 saturated heterocycles. The van der Waals surface area contributed by atoms with Crippen LogP contribution in [0.4, 0.5) is 5.69 Å². The van der Waals surface area contributed by atoms with Gasteiger partial charge in [-0.3, -0.25) is 14.5 Å². The van der Waals surface area contributed by atoms with Gasteiger partial charge < -0.3 is 15.4 Å². The van der Waals surface area contributed by atoms with Crippen LogP contribution in [0.25, 0.3) is 0 Å². The third-order valence-corrected chi connectivity index (χ3v) is 5.22. The Hall–Kier alpha value is -2.22. The molecule has 3 rings (SSSR count). The van der Waals surface area contributed by atoms with E-state index in [-0.39, 0.29) is 17.9 Å². The lowest BCUT2D eigenvalue weighted by Gasteiger charge is -2.34. The van der Waals surface area contributed by atoms with Gasteiger partial charge in [-0.05, 0) is 29.5 Å². The lowest BCUT2D eigenvalue weighted by Crippen LogP contribution is -2.48. The van der Waals surface area contributed by atoms with E-state index in [0.717, 1.165) is 19.6 Å². The number of hydrogen-bond donors (Lipinski definition) is 2. The highest BCUT2D eigenvalue weighted by molar-refractivity contribution is 7.08. The van der Waals surface area contributed by atoms with Gasteiger partial charge in [-0.1, -0.05) is 26.0 Å². The summed E-state index contributed by atoms with van der Waals surface area (Å²) >= 11 is 1.46. The lowest BCUT2D eigenvalue weighted by molar-refractivity contribution is -0.0295. The van der Waals surface area contributed by atoms with E-state index in [9.17, 15) is 9.59 Å². The first-order chi connectivity index (χ1) is 13.5. The molecule has 0 saturated carbocycles. The highest BCUT2D eigenvalue weighted by Crippen LogP contribution is 2.17. The summed E-state index contributed by atoms with van der Waals surface area (Å²) in [6, 6.07) is 8.79. The number of nitrogens with zero attached hydrogens (tertiary/aromatic N) is 1. The summed E-state index contributed by atoms with van der Waals surface area (Å²) in [6.07, 6.45) is -0.0241. The van der Waals surface area contributed by atoms with Crippen molar-refractivity contribution in [3.63, 3.8) is 0 Å². The molecule has 2 amide bonds. The number of thiophene rings is 1. The minimum absolute atomic E-state index is 0.0241. The number of rotatable bonds is 7. The summed E-state index contributed by atoms with van der Waals surface area (Å²) in [5.41, 5.74) is 1.53. The maximum Gasteiger partial charge on any atom is 0.256 e. The van der Waals surface area contributed by atoms with Crippen molar-refractivity contribution in [1.29, 1.82) is 0 Å². The Bertz CT molecular complexity index is 792. The molecule has 0 aliphatic carbocycles. The molecule has 2 N–H and O–H groups in total. The molecule has 1 aliphatic rings. The van der Waals surface area contributed by atoms with Gasteiger partial charge in [0.15, 0.2) is 0 Å². The summed E-state index contributed by atoms with van der Waals surface area (Å²) in [4.78, 5) is 27.4. The monoisotopic (exact) mass is 401 g/mol. The van der Waals surface area contributed by atoms with E-state index in [2.05, 4.69) is 29.4 Å². The zero-order valence-electron chi connectivity index (χ0n) is 16.3. The minimum atomic E-state index is -0.221. The molecule has 1 atom stereocenters. The maximum atomic E-state index is 12.7. The van der Waals surface area contributed by atoms with Crippen LogP contribution in [-0.2, 0) is 4.74 Å². The number of para-hydroxylation sites is 1. The Kier molecular flexibility index (Phi) is 7.19. The van der Waals surface area contributed by atoms with Crippen LogP contribution in [0, 0.1) is 5.92 Å². The highest BCUT2D eigenvalue weighted by Gasteiger charge is 2.22. The molecule has 2 heterocycles. The number of anilines is 1. The molecule has 0 spiro atoms. The number of carbonyl (C=O) groups excluding carboxylic acids is 2. The second-order valence-electron chi connectivity index (χ2n) is 7.37. The quantitative estimate of drug-likeness (QED) is 0.748. The fourth-order valence-electron chi connectivity index (χ4n) is 3.27. The van der Waals surface area contributed by atoms with E-state index in [1.807, 2.05) is 5.38 Å². The van der Waals surface area contributed by atoms with Gasteiger partial charge in [0, 0.05) is 31.6 Å². The molecule has 2 aromatic rings. The van der Waals surface area contributed by atoms with Crippen LogP contribution in [0.3, 0.4) is 0 Å². The van der Waals surface area contributed by atoms with Crippen LogP contribution in [-0.4, -0.2) is 55.6 Å². The van der Waals surface area contributed by atoms with Crippen molar-refractivity contribution < 1.29 is 14.3 Å². The van der Waals surface area contributed by atoms with Crippen molar-refractivity contribution >= 4 is 28.8 Å². The molecule has 7 heteroatoms. The summed E-state index contributed by atoms with van der Waals surface area (Å²) in [5, 5.41) is 9.41. The van der Waals surface area contributed by atoms with Gasteiger partial charge in [0.1, 0.15) is 0 Å². The molecule has 1 unspecified atom stereocenters. The van der Waals surface area contributed by atoms with E-state index >= 15 is 0 Å². The van der Waals surface area contributed by atoms with Crippen LogP contribution in [0.1, 0.15) is 34.6 Å². The summed E-state index contributed by atoms with van der Waals surface area (Å²) in [5.74, 6) is 0.166. The summed E-state index contributed by atoms with van der Waals surface area (Å²) < 4.78 is 5.79.